The van der Waals surface area contributed by atoms with Crippen LogP contribution in [0.5, 0.6) is 0 Å². The predicted molar refractivity (Wildman–Crippen MR) is 95.6 cm³/mol. The van der Waals surface area contributed by atoms with Gasteiger partial charge in [0.1, 0.15) is 0 Å². The average Bonchev–Trinajstić information content (AvgIpc) is 3.18. The Bertz CT molecular complexity index is 801. The Hall–Kier alpha value is -3.09. The van der Waals surface area contributed by atoms with E-state index in [4.69, 9.17) is 4.42 Å². The minimum absolute atomic E-state index is 0.210. The van der Waals surface area contributed by atoms with Crippen molar-refractivity contribution in [1.29, 1.82) is 0 Å². The summed E-state index contributed by atoms with van der Waals surface area (Å²) in [5.74, 6) is -1.35. The lowest BCUT2D eigenvalue weighted by Gasteiger charge is -2.32. The van der Waals surface area contributed by atoms with Crippen molar-refractivity contribution >= 4 is 23.4 Å². The highest BCUT2D eigenvalue weighted by atomic mass is 16.3. The molecule has 2 aromatic rings. The molecule has 1 saturated heterocycles. The number of furan rings is 1. The maximum Gasteiger partial charge on any atom is 0.313 e. The minimum Gasteiger partial charge on any atom is -0.459 e. The van der Waals surface area contributed by atoms with E-state index in [1.165, 1.54) is 6.26 Å². The van der Waals surface area contributed by atoms with Gasteiger partial charge in [-0.3, -0.25) is 14.4 Å². The summed E-state index contributed by atoms with van der Waals surface area (Å²) in [6.45, 7) is 2.80. The first-order valence-corrected chi connectivity index (χ1v) is 8.55. The zero-order valence-electron chi connectivity index (χ0n) is 14.5. The highest BCUT2D eigenvalue weighted by molar-refractivity contribution is 6.39. The zero-order chi connectivity index (χ0) is 18.5. The number of carbonyl (C=O) groups excluding carboxylic acids is 3. The van der Waals surface area contributed by atoms with E-state index in [2.05, 4.69) is 10.6 Å². The number of hydrogen-bond acceptors (Lipinski definition) is 4. The predicted octanol–water partition coefficient (Wildman–Crippen LogP) is 1.95. The second-order valence-corrected chi connectivity index (χ2v) is 6.31. The molecule has 1 aliphatic heterocycles. The molecule has 7 nitrogen and oxygen atoms in total. The van der Waals surface area contributed by atoms with Crippen LogP contribution in [0, 0.1) is 6.92 Å². The lowest BCUT2D eigenvalue weighted by atomic mass is 10.1. The number of anilines is 1. The second kappa shape index (κ2) is 7.86. The maximum atomic E-state index is 12.3. The van der Waals surface area contributed by atoms with E-state index in [0.29, 0.717) is 25.2 Å². The second-order valence-electron chi connectivity index (χ2n) is 6.31. The summed E-state index contributed by atoms with van der Waals surface area (Å²) in [6.07, 6.45) is 2.91. The van der Waals surface area contributed by atoms with Crippen LogP contribution in [0.2, 0.25) is 0 Å². The van der Waals surface area contributed by atoms with Crippen molar-refractivity contribution in [1.82, 2.24) is 10.2 Å². The molecular formula is C19H21N3O4. The van der Waals surface area contributed by atoms with Crippen molar-refractivity contribution in [2.45, 2.75) is 25.8 Å². The number of nitrogens with one attached hydrogen (secondary N) is 2. The first kappa shape index (κ1) is 17.7. The van der Waals surface area contributed by atoms with Gasteiger partial charge in [0.25, 0.3) is 5.91 Å². The molecule has 26 heavy (non-hydrogen) atoms. The van der Waals surface area contributed by atoms with Crippen LogP contribution in [0.15, 0.2) is 47.1 Å². The van der Waals surface area contributed by atoms with Gasteiger partial charge >= 0.3 is 11.8 Å². The Labute approximate surface area is 151 Å². The van der Waals surface area contributed by atoms with Crippen molar-refractivity contribution in [3.05, 3.63) is 54.0 Å². The van der Waals surface area contributed by atoms with Crippen LogP contribution in [0.25, 0.3) is 0 Å². The first-order chi connectivity index (χ1) is 12.5. The van der Waals surface area contributed by atoms with E-state index in [9.17, 15) is 14.4 Å². The first-order valence-electron chi connectivity index (χ1n) is 8.55. The van der Waals surface area contributed by atoms with Crippen molar-refractivity contribution in [2.75, 3.05) is 18.4 Å². The molecular weight excluding hydrogens is 334 g/mol. The Morgan fingerprint density at radius 3 is 2.65 bits per heavy atom. The topological polar surface area (TPSA) is 91.7 Å². The monoisotopic (exact) mass is 355 g/mol. The van der Waals surface area contributed by atoms with Gasteiger partial charge in [-0.05, 0) is 43.5 Å². The molecule has 0 unspecified atom stereocenters. The van der Waals surface area contributed by atoms with Crippen molar-refractivity contribution in [3.8, 4) is 0 Å². The van der Waals surface area contributed by atoms with Crippen LogP contribution < -0.4 is 10.6 Å². The van der Waals surface area contributed by atoms with Crippen molar-refractivity contribution < 1.29 is 18.8 Å². The fraction of sp³-hybridized carbons (Fsp3) is 0.316. The number of aryl methyl sites for hydroxylation is 1. The summed E-state index contributed by atoms with van der Waals surface area (Å²) >= 11 is 0. The van der Waals surface area contributed by atoms with Crippen LogP contribution >= 0.6 is 0 Å². The molecule has 2 heterocycles. The van der Waals surface area contributed by atoms with Gasteiger partial charge in [-0.1, -0.05) is 18.2 Å². The highest BCUT2D eigenvalue weighted by Crippen LogP contribution is 2.15. The molecule has 1 fully saturated rings. The SMILES string of the molecule is Cc1ccccc1NC(=O)C(=O)N[C@H]1CCCN(C(=O)c2ccco2)C1. The molecule has 7 heteroatoms. The van der Waals surface area contributed by atoms with Gasteiger partial charge in [0.2, 0.25) is 0 Å². The molecule has 0 bridgehead atoms. The fourth-order valence-corrected chi connectivity index (χ4v) is 2.98. The van der Waals surface area contributed by atoms with Crippen LogP contribution in [0.3, 0.4) is 0 Å². The third kappa shape index (κ3) is 4.11. The van der Waals surface area contributed by atoms with Crippen LogP contribution in [-0.4, -0.2) is 41.8 Å². The lowest BCUT2D eigenvalue weighted by molar-refractivity contribution is -0.136. The molecule has 1 aliphatic rings. The Morgan fingerprint density at radius 1 is 1.12 bits per heavy atom. The number of carbonyl (C=O) groups is 3. The number of amides is 3. The van der Waals surface area contributed by atoms with Gasteiger partial charge in [0, 0.05) is 24.8 Å². The highest BCUT2D eigenvalue weighted by Gasteiger charge is 2.28. The van der Waals surface area contributed by atoms with Gasteiger partial charge < -0.3 is 20.0 Å². The average molecular weight is 355 g/mol. The lowest BCUT2D eigenvalue weighted by Crippen LogP contribution is -2.51. The van der Waals surface area contributed by atoms with E-state index in [-0.39, 0.29) is 17.7 Å². The fourth-order valence-electron chi connectivity index (χ4n) is 2.98. The molecule has 2 N–H and O–H groups in total. The van der Waals surface area contributed by atoms with E-state index in [0.717, 1.165) is 12.0 Å². The number of likely N-dealkylation sites (tertiary alicyclic amines) is 1. The Morgan fingerprint density at radius 2 is 1.92 bits per heavy atom. The molecule has 0 spiro atoms. The van der Waals surface area contributed by atoms with Crippen LogP contribution in [-0.2, 0) is 9.59 Å². The van der Waals surface area contributed by atoms with Gasteiger partial charge in [0.05, 0.1) is 6.26 Å². The quantitative estimate of drug-likeness (QED) is 0.823. The van der Waals surface area contributed by atoms with Gasteiger partial charge in [-0.15, -0.1) is 0 Å². The maximum absolute atomic E-state index is 12.3. The molecule has 0 saturated carbocycles. The summed E-state index contributed by atoms with van der Waals surface area (Å²) in [4.78, 5) is 38.3. The Kier molecular flexibility index (Phi) is 5.36. The van der Waals surface area contributed by atoms with E-state index < -0.39 is 11.8 Å². The third-order valence-corrected chi connectivity index (χ3v) is 4.38. The molecule has 1 atom stereocenters. The van der Waals surface area contributed by atoms with Gasteiger partial charge in [0.15, 0.2) is 5.76 Å². The molecule has 1 aromatic carbocycles. The zero-order valence-corrected chi connectivity index (χ0v) is 14.5. The van der Waals surface area contributed by atoms with Crippen LogP contribution in [0.4, 0.5) is 5.69 Å². The number of hydrogen-bond donors (Lipinski definition) is 2. The van der Waals surface area contributed by atoms with Crippen LogP contribution in [0.1, 0.15) is 29.0 Å². The molecule has 0 radical (unpaired) electrons. The van der Waals surface area contributed by atoms with Gasteiger partial charge in [-0.2, -0.15) is 0 Å². The number of benzene rings is 1. The molecule has 3 amide bonds. The molecule has 136 valence electrons. The summed E-state index contributed by atoms with van der Waals surface area (Å²) in [7, 11) is 0. The number of nitrogens with zero attached hydrogens (tertiary/aromatic N) is 1. The van der Waals surface area contributed by atoms with E-state index in [1.807, 2.05) is 19.1 Å². The largest absolute Gasteiger partial charge is 0.459 e. The molecule has 0 aliphatic carbocycles. The Balaban J connectivity index is 1.56. The third-order valence-electron chi connectivity index (χ3n) is 4.38. The number of piperidine rings is 1. The number of para-hydroxylation sites is 1. The summed E-state index contributed by atoms with van der Waals surface area (Å²) in [5.41, 5.74) is 1.48. The summed E-state index contributed by atoms with van der Waals surface area (Å²) in [6, 6.07) is 10.2. The normalized spacial score (nSPS) is 16.8. The number of rotatable bonds is 3. The molecule has 3 rings (SSSR count). The van der Waals surface area contributed by atoms with Crippen molar-refractivity contribution in [3.63, 3.8) is 0 Å². The van der Waals surface area contributed by atoms with E-state index >= 15 is 0 Å². The molecule has 1 aromatic heterocycles. The summed E-state index contributed by atoms with van der Waals surface area (Å²) < 4.78 is 5.14. The smallest absolute Gasteiger partial charge is 0.313 e. The standard InChI is InChI=1S/C19H21N3O4/c1-13-6-2-3-8-15(13)21-18(24)17(23)20-14-7-4-10-22(12-14)19(25)16-9-5-11-26-16/h2-3,5-6,8-9,11,14H,4,7,10,12H2,1H3,(H,20,23)(H,21,24)/t14-/m0/s1. The van der Waals surface area contributed by atoms with Crippen molar-refractivity contribution in [2.24, 2.45) is 0 Å². The minimum atomic E-state index is -0.714. The van der Waals surface area contributed by atoms with E-state index in [1.54, 1.807) is 29.2 Å². The van der Waals surface area contributed by atoms with Gasteiger partial charge in [-0.25, -0.2) is 0 Å². The summed E-state index contributed by atoms with van der Waals surface area (Å²) in [5, 5.41) is 5.32.